The van der Waals surface area contributed by atoms with Gasteiger partial charge in [0.1, 0.15) is 12.2 Å². The van der Waals surface area contributed by atoms with Gasteiger partial charge in [0.25, 0.3) is 0 Å². The van der Waals surface area contributed by atoms with Gasteiger partial charge < -0.3 is 24.8 Å². The van der Waals surface area contributed by atoms with Gasteiger partial charge in [-0.2, -0.15) is 0 Å². The Kier molecular flexibility index (Phi) is 9.39. The largest absolute Gasteiger partial charge is 0.391 e. The first-order valence-electron chi connectivity index (χ1n) is 7.88. The standard InChI is InChI=1S/C15H30O5/c1-2-3-4-5-6-7-8-19-11-14(18)15-13(17)9-12(16)10-20-15/h12-18H,2-11H2,1H3/t12?,13?,14?,15-/m0/s1. The van der Waals surface area contributed by atoms with Crippen molar-refractivity contribution in [3.05, 3.63) is 0 Å². The highest BCUT2D eigenvalue weighted by Gasteiger charge is 2.34. The molecule has 120 valence electrons. The lowest BCUT2D eigenvalue weighted by atomic mass is 10.00. The molecular formula is C15H30O5. The van der Waals surface area contributed by atoms with Crippen molar-refractivity contribution < 1.29 is 24.8 Å². The molecule has 3 N–H and O–H groups in total. The van der Waals surface area contributed by atoms with Crippen LogP contribution in [0, 0.1) is 0 Å². The van der Waals surface area contributed by atoms with Crippen molar-refractivity contribution in [1.29, 1.82) is 0 Å². The molecule has 0 radical (unpaired) electrons. The summed E-state index contributed by atoms with van der Waals surface area (Å²) in [4.78, 5) is 0. The molecule has 1 heterocycles. The van der Waals surface area contributed by atoms with Gasteiger partial charge in [-0.1, -0.05) is 39.0 Å². The summed E-state index contributed by atoms with van der Waals surface area (Å²) in [6, 6.07) is 0. The fraction of sp³-hybridized carbons (Fsp3) is 1.00. The van der Waals surface area contributed by atoms with Crippen LogP contribution in [0.5, 0.6) is 0 Å². The second kappa shape index (κ2) is 10.5. The third-order valence-corrected chi connectivity index (χ3v) is 3.68. The zero-order chi connectivity index (χ0) is 14.8. The summed E-state index contributed by atoms with van der Waals surface area (Å²) in [5.41, 5.74) is 0. The first-order valence-corrected chi connectivity index (χ1v) is 7.88. The maximum absolute atomic E-state index is 9.91. The molecule has 1 aliphatic rings. The van der Waals surface area contributed by atoms with Crippen molar-refractivity contribution >= 4 is 0 Å². The van der Waals surface area contributed by atoms with E-state index in [1.807, 2.05) is 0 Å². The van der Waals surface area contributed by atoms with E-state index in [2.05, 4.69) is 6.92 Å². The van der Waals surface area contributed by atoms with Crippen molar-refractivity contribution in [2.75, 3.05) is 19.8 Å². The van der Waals surface area contributed by atoms with Gasteiger partial charge in [0, 0.05) is 13.0 Å². The topological polar surface area (TPSA) is 79.2 Å². The SMILES string of the molecule is CCCCCCCCOCC(O)[C@H]1OCC(O)CC1O. The van der Waals surface area contributed by atoms with Gasteiger partial charge in [0.05, 0.1) is 25.4 Å². The van der Waals surface area contributed by atoms with E-state index in [4.69, 9.17) is 9.47 Å². The van der Waals surface area contributed by atoms with Gasteiger partial charge in [-0.05, 0) is 6.42 Å². The fourth-order valence-electron chi connectivity index (χ4n) is 2.47. The number of rotatable bonds is 10. The van der Waals surface area contributed by atoms with E-state index in [9.17, 15) is 15.3 Å². The van der Waals surface area contributed by atoms with E-state index in [0.29, 0.717) is 6.61 Å². The molecule has 20 heavy (non-hydrogen) atoms. The van der Waals surface area contributed by atoms with Gasteiger partial charge >= 0.3 is 0 Å². The van der Waals surface area contributed by atoms with Crippen LogP contribution < -0.4 is 0 Å². The normalized spacial score (nSPS) is 28.5. The summed E-state index contributed by atoms with van der Waals surface area (Å²) >= 11 is 0. The molecule has 0 bridgehead atoms. The quantitative estimate of drug-likeness (QED) is 0.528. The van der Waals surface area contributed by atoms with Crippen LogP contribution in [0.2, 0.25) is 0 Å². The van der Waals surface area contributed by atoms with Crippen LogP contribution in [0.3, 0.4) is 0 Å². The molecule has 0 aromatic carbocycles. The van der Waals surface area contributed by atoms with Crippen LogP contribution in [0.1, 0.15) is 51.9 Å². The molecule has 4 atom stereocenters. The average molecular weight is 290 g/mol. The summed E-state index contributed by atoms with van der Waals surface area (Å²) < 4.78 is 10.7. The zero-order valence-electron chi connectivity index (χ0n) is 12.5. The Balaban J connectivity index is 2.01. The first-order chi connectivity index (χ1) is 9.65. The minimum Gasteiger partial charge on any atom is -0.391 e. The number of aliphatic hydroxyl groups excluding tert-OH is 3. The number of hydrogen-bond donors (Lipinski definition) is 3. The zero-order valence-corrected chi connectivity index (χ0v) is 12.5. The molecule has 0 aromatic rings. The Morgan fingerprint density at radius 1 is 1.15 bits per heavy atom. The predicted octanol–water partition coefficient (Wildman–Crippen LogP) is 1.24. The molecule has 1 rings (SSSR count). The number of hydrogen-bond acceptors (Lipinski definition) is 5. The fourth-order valence-corrected chi connectivity index (χ4v) is 2.47. The molecule has 0 aliphatic carbocycles. The van der Waals surface area contributed by atoms with Gasteiger partial charge in [0.15, 0.2) is 0 Å². The monoisotopic (exact) mass is 290 g/mol. The van der Waals surface area contributed by atoms with Crippen molar-refractivity contribution in [2.45, 2.75) is 76.3 Å². The highest BCUT2D eigenvalue weighted by atomic mass is 16.5. The Hall–Kier alpha value is -0.200. The molecule has 1 saturated heterocycles. The van der Waals surface area contributed by atoms with Crippen LogP contribution in [0.25, 0.3) is 0 Å². The lowest BCUT2D eigenvalue weighted by Gasteiger charge is -2.33. The number of aliphatic hydroxyl groups is 3. The molecule has 1 fully saturated rings. The second-order valence-corrected chi connectivity index (χ2v) is 5.66. The van der Waals surface area contributed by atoms with Crippen molar-refractivity contribution in [2.24, 2.45) is 0 Å². The second-order valence-electron chi connectivity index (χ2n) is 5.66. The van der Waals surface area contributed by atoms with Crippen LogP contribution in [0.15, 0.2) is 0 Å². The molecule has 1 aliphatic heterocycles. The van der Waals surface area contributed by atoms with E-state index in [-0.39, 0.29) is 19.6 Å². The van der Waals surface area contributed by atoms with Crippen molar-refractivity contribution in [1.82, 2.24) is 0 Å². The highest BCUT2D eigenvalue weighted by molar-refractivity contribution is 4.83. The number of unbranched alkanes of at least 4 members (excludes halogenated alkanes) is 5. The Morgan fingerprint density at radius 2 is 1.85 bits per heavy atom. The Bertz CT molecular complexity index is 236. The van der Waals surface area contributed by atoms with Gasteiger partial charge in [-0.15, -0.1) is 0 Å². The summed E-state index contributed by atoms with van der Waals surface area (Å²) in [5, 5.41) is 29.0. The van der Waals surface area contributed by atoms with E-state index in [1.54, 1.807) is 0 Å². The lowest BCUT2D eigenvalue weighted by Crippen LogP contribution is -2.49. The maximum Gasteiger partial charge on any atom is 0.112 e. The molecule has 5 heteroatoms. The predicted molar refractivity (Wildman–Crippen MR) is 76.6 cm³/mol. The minimum atomic E-state index is -0.836. The van der Waals surface area contributed by atoms with Crippen molar-refractivity contribution in [3.63, 3.8) is 0 Å². The molecule has 0 aromatic heterocycles. The van der Waals surface area contributed by atoms with E-state index in [1.165, 1.54) is 25.7 Å². The summed E-state index contributed by atoms with van der Waals surface area (Å²) in [6.45, 7) is 3.17. The third-order valence-electron chi connectivity index (χ3n) is 3.68. The van der Waals surface area contributed by atoms with Gasteiger partial charge in [0.2, 0.25) is 0 Å². The van der Waals surface area contributed by atoms with Crippen LogP contribution in [-0.2, 0) is 9.47 Å². The van der Waals surface area contributed by atoms with Crippen LogP contribution >= 0.6 is 0 Å². The van der Waals surface area contributed by atoms with Gasteiger partial charge in [-0.3, -0.25) is 0 Å². The Labute approximate surface area is 121 Å². The molecular weight excluding hydrogens is 260 g/mol. The average Bonchev–Trinajstić information content (AvgIpc) is 2.41. The molecule has 0 amide bonds. The molecule has 0 saturated carbocycles. The summed E-state index contributed by atoms with van der Waals surface area (Å²) in [6.07, 6.45) is 4.52. The smallest absolute Gasteiger partial charge is 0.112 e. The Morgan fingerprint density at radius 3 is 2.55 bits per heavy atom. The van der Waals surface area contributed by atoms with E-state index >= 15 is 0 Å². The molecule has 3 unspecified atom stereocenters. The third kappa shape index (κ3) is 6.99. The number of ether oxygens (including phenoxy) is 2. The lowest BCUT2D eigenvalue weighted by molar-refractivity contribution is -0.170. The van der Waals surface area contributed by atoms with E-state index < -0.39 is 24.4 Å². The minimum absolute atomic E-state index is 0.163. The maximum atomic E-state index is 9.91. The van der Waals surface area contributed by atoms with Gasteiger partial charge in [-0.25, -0.2) is 0 Å². The summed E-state index contributed by atoms with van der Waals surface area (Å²) in [5.74, 6) is 0. The van der Waals surface area contributed by atoms with E-state index in [0.717, 1.165) is 12.8 Å². The molecule has 0 spiro atoms. The summed E-state index contributed by atoms with van der Waals surface area (Å²) in [7, 11) is 0. The van der Waals surface area contributed by atoms with Crippen LogP contribution in [0.4, 0.5) is 0 Å². The van der Waals surface area contributed by atoms with Crippen molar-refractivity contribution in [3.8, 4) is 0 Å². The van der Waals surface area contributed by atoms with Crippen LogP contribution in [-0.4, -0.2) is 59.6 Å². The highest BCUT2D eigenvalue weighted by Crippen LogP contribution is 2.17. The first kappa shape index (κ1) is 17.9. The molecule has 5 nitrogen and oxygen atoms in total.